The molecule has 5 nitrogen and oxygen atoms in total. The lowest BCUT2D eigenvalue weighted by atomic mass is 9.62. The number of methoxy groups -OCH3 is 1. The lowest BCUT2D eigenvalue weighted by Crippen LogP contribution is -2.56. The number of piperidine rings is 1. The van der Waals surface area contributed by atoms with Crippen LogP contribution >= 0.6 is 0 Å². The molecular formula is C25H39N3O2. The fraction of sp³-hybridized carbons (Fsp3) is 0.720. The number of nitrogens with zero attached hydrogens (tertiary/aromatic N) is 3. The van der Waals surface area contributed by atoms with Gasteiger partial charge in [-0.25, -0.2) is 0 Å². The van der Waals surface area contributed by atoms with Gasteiger partial charge in [0.05, 0.1) is 12.5 Å². The average Bonchev–Trinajstić information content (AvgIpc) is 2.89. The van der Waals surface area contributed by atoms with E-state index in [1.165, 1.54) is 18.5 Å². The summed E-state index contributed by atoms with van der Waals surface area (Å²) in [7, 11) is 1.72. The summed E-state index contributed by atoms with van der Waals surface area (Å²) in [6, 6.07) is 8.36. The number of hydrogen-bond donors (Lipinski definition) is 0. The molecule has 1 aromatic rings. The molecule has 1 unspecified atom stereocenters. The van der Waals surface area contributed by atoms with Gasteiger partial charge in [-0.2, -0.15) is 0 Å². The minimum Gasteiger partial charge on any atom is -0.497 e. The second-order valence-electron chi connectivity index (χ2n) is 10.3. The molecule has 2 saturated heterocycles. The second kappa shape index (κ2) is 8.41. The molecule has 30 heavy (non-hydrogen) atoms. The zero-order chi connectivity index (χ0) is 21.4. The lowest BCUT2D eigenvalue weighted by Gasteiger charge is -2.49. The van der Waals surface area contributed by atoms with Gasteiger partial charge in [-0.05, 0) is 55.7 Å². The summed E-state index contributed by atoms with van der Waals surface area (Å²) >= 11 is 0. The zero-order valence-corrected chi connectivity index (χ0v) is 19.3. The molecule has 1 amide bonds. The van der Waals surface area contributed by atoms with Crippen LogP contribution in [0.15, 0.2) is 24.3 Å². The van der Waals surface area contributed by atoms with Crippen molar-refractivity contribution in [3.8, 4) is 5.75 Å². The monoisotopic (exact) mass is 413 g/mol. The molecule has 0 N–H and O–H groups in total. The Hall–Kier alpha value is -1.75. The Morgan fingerprint density at radius 1 is 1.07 bits per heavy atom. The molecule has 166 valence electrons. The van der Waals surface area contributed by atoms with Crippen LogP contribution < -0.4 is 9.64 Å². The van der Waals surface area contributed by atoms with Crippen molar-refractivity contribution in [3.63, 3.8) is 0 Å². The summed E-state index contributed by atoms with van der Waals surface area (Å²) in [5.41, 5.74) is 1.26. The molecule has 2 bridgehead atoms. The Kier molecular flexibility index (Phi) is 6.02. The molecule has 0 radical (unpaired) electrons. The number of carbonyl (C=O) groups is 1. The van der Waals surface area contributed by atoms with E-state index in [2.05, 4.69) is 53.7 Å². The van der Waals surface area contributed by atoms with E-state index >= 15 is 0 Å². The number of benzene rings is 1. The maximum Gasteiger partial charge on any atom is 0.229 e. The van der Waals surface area contributed by atoms with E-state index in [0.29, 0.717) is 11.8 Å². The first-order chi connectivity index (χ1) is 14.3. The van der Waals surface area contributed by atoms with Gasteiger partial charge < -0.3 is 14.5 Å². The van der Waals surface area contributed by atoms with E-state index in [9.17, 15) is 4.79 Å². The van der Waals surface area contributed by atoms with Crippen LogP contribution in [0.4, 0.5) is 5.69 Å². The van der Waals surface area contributed by atoms with E-state index < -0.39 is 0 Å². The number of fused-ring (bicyclic) bond motifs is 2. The highest BCUT2D eigenvalue weighted by Gasteiger charge is 2.60. The standard InChI is InChI=1S/C25H39N3O2/c1-24(2)20-10-11-25(24,3)23(29)28(19-20)13-6-5-12-26-14-16-27(17-15-26)21-8-7-9-22(18-21)30-4/h7-9,18,20H,5-6,10-17,19H2,1-4H3/t20?,25-/m0/s1. The molecule has 0 spiro atoms. The first-order valence-corrected chi connectivity index (χ1v) is 11.8. The zero-order valence-electron chi connectivity index (χ0n) is 19.3. The average molecular weight is 414 g/mol. The number of carbonyl (C=O) groups excluding carboxylic acids is 1. The van der Waals surface area contributed by atoms with Gasteiger partial charge >= 0.3 is 0 Å². The SMILES string of the molecule is COc1cccc(N2CCN(CCCCN3CC4CC[C@@](C)(C3=O)C4(C)C)CC2)c1. The van der Waals surface area contributed by atoms with Gasteiger partial charge in [0.25, 0.3) is 0 Å². The third-order valence-corrected chi connectivity index (χ3v) is 8.58. The predicted octanol–water partition coefficient (Wildman–Crippen LogP) is 3.88. The van der Waals surface area contributed by atoms with Gasteiger partial charge in [0.1, 0.15) is 5.75 Å². The van der Waals surface area contributed by atoms with Gasteiger partial charge in [0, 0.05) is 51.0 Å². The maximum absolute atomic E-state index is 13.1. The van der Waals surface area contributed by atoms with Gasteiger partial charge in [-0.3, -0.25) is 9.69 Å². The summed E-state index contributed by atoms with van der Waals surface area (Å²) < 4.78 is 5.36. The number of rotatable bonds is 7. The maximum atomic E-state index is 13.1. The highest BCUT2D eigenvalue weighted by atomic mass is 16.5. The first kappa shape index (κ1) is 21.5. The van der Waals surface area contributed by atoms with Crippen LogP contribution in [-0.4, -0.2) is 68.6 Å². The molecule has 4 rings (SSSR count). The van der Waals surface area contributed by atoms with Crippen molar-refractivity contribution in [1.29, 1.82) is 0 Å². The molecule has 5 heteroatoms. The Balaban J connectivity index is 1.19. The number of likely N-dealkylation sites (tertiary alicyclic amines) is 1. The molecule has 2 heterocycles. The predicted molar refractivity (Wildman–Crippen MR) is 122 cm³/mol. The minimum absolute atomic E-state index is 0.146. The van der Waals surface area contributed by atoms with Crippen LogP contribution in [0.3, 0.4) is 0 Å². The van der Waals surface area contributed by atoms with Crippen LogP contribution in [0.2, 0.25) is 0 Å². The fourth-order valence-electron chi connectivity index (χ4n) is 5.86. The third-order valence-electron chi connectivity index (χ3n) is 8.58. The molecule has 2 atom stereocenters. The smallest absolute Gasteiger partial charge is 0.229 e. The molecular weight excluding hydrogens is 374 g/mol. The van der Waals surface area contributed by atoms with Crippen LogP contribution in [-0.2, 0) is 4.79 Å². The van der Waals surface area contributed by atoms with Crippen molar-refractivity contribution in [3.05, 3.63) is 24.3 Å². The normalized spacial score (nSPS) is 28.8. The Labute approximate surface area is 182 Å². The van der Waals surface area contributed by atoms with Gasteiger partial charge in [-0.1, -0.05) is 26.8 Å². The van der Waals surface area contributed by atoms with Crippen LogP contribution in [0, 0.1) is 16.7 Å². The summed E-state index contributed by atoms with van der Waals surface area (Å²) in [5, 5.41) is 0. The molecule has 3 aliphatic rings. The van der Waals surface area contributed by atoms with E-state index in [1.807, 2.05) is 6.07 Å². The van der Waals surface area contributed by atoms with Crippen molar-refractivity contribution >= 4 is 11.6 Å². The topological polar surface area (TPSA) is 36.0 Å². The van der Waals surface area contributed by atoms with Crippen molar-refractivity contribution in [2.45, 2.75) is 46.5 Å². The summed E-state index contributed by atoms with van der Waals surface area (Å²) in [6.07, 6.45) is 4.57. The molecule has 1 aromatic carbocycles. The van der Waals surface area contributed by atoms with E-state index in [-0.39, 0.29) is 10.8 Å². The van der Waals surface area contributed by atoms with Gasteiger partial charge in [0.15, 0.2) is 0 Å². The van der Waals surface area contributed by atoms with Gasteiger partial charge in [0.2, 0.25) is 5.91 Å². The van der Waals surface area contributed by atoms with Gasteiger partial charge in [-0.15, -0.1) is 0 Å². The largest absolute Gasteiger partial charge is 0.497 e. The van der Waals surface area contributed by atoms with E-state index in [4.69, 9.17) is 4.74 Å². The Morgan fingerprint density at radius 3 is 2.53 bits per heavy atom. The Bertz CT molecular complexity index is 757. The molecule has 3 fully saturated rings. The van der Waals surface area contributed by atoms with Crippen LogP contribution in [0.1, 0.15) is 46.5 Å². The second-order valence-corrected chi connectivity index (χ2v) is 10.3. The lowest BCUT2D eigenvalue weighted by molar-refractivity contribution is -0.155. The number of ether oxygens (including phenoxy) is 1. The number of amides is 1. The molecule has 1 aliphatic carbocycles. The fourth-order valence-corrected chi connectivity index (χ4v) is 5.86. The van der Waals surface area contributed by atoms with Crippen molar-refractivity contribution in [2.75, 3.05) is 57.8 Å². The molecule has 0 aromatic heterocycles. The van der Waals surface area contributed by atoms with Crippen molar-refractivity contribution < 1.29 is 9.53 Å². The third kappa shape index (κ3) is 3.81. The van der Waals surface area contributed by atoms with Crippen molar-refractivity contribution in [2.24, 2.45) is 16.7 Å². The highest BCUT2D eigenvalue weighted by molar-refractivity contribution is 5.85. The number of piperazine rings is 1. The first-order valence-electron chi connectivity index (χ1n) is 11.8. The highest BCUT2D eigenvalue weighted by Crippen LogP contribution is 2.59. The summed E-state index contributed by atoms with van der Waals surface area (Å²) in [4.78, 5) is 20.3. The van der Waals surface area contributed by atoms with Crippen LogP contribution in [0.25, 0.3) is 0 Å². The van der Waals surface area contributed by atoms with Crippen molar-refractivity contribution in [1.82, 2.24) is 9.80 Å². The van der Waals surface area contributed by atoms with E-state index in [0.717, 1.165) is 64.4 Å². The number of anilines is 1. The molecule has 1 saturated carbocycles. The van der Waals surface area contributed by atoms with Crippen LogP contribution in [0.5, 0.6) is 5.75 Å². The number of unbranched alkanes of at least 4 members (excludes halogenated alkanes) is 1. The minimum atomic E-state index is -0.146. The Morgan fingerprint density at radius 2 is 1.80 bits per heavy atom. The number of hydrogen-bond acceptors (Lipinski definition) is 4. The molecule has 2 aliphatic heterocycles. The quantitative estimate of drug-likeness (QED) is 0.636. The van der Waals surface area contributed by atoms with E-state index in [1.54, 1.807) is 7.11 Å². The summed E-state index contributed by atoms with van der Waals surface area (Å²) in [5.74, 6) is 2.01. The summed E-state index contributed by atoms with van der Waals surface area (Å²) in [6.45, 7) is 14.2.